The molecule has 2 rings (SSSR count). The lowest BCUT2D eigenvalue weighted by molar-refractivity contribution is -0.385. The number of hydrogen-bond donors (Lipinski definition) is 1. The van der Waals surface area contributed by atoms with Crippen LogP contribution in [0.25, 0.3) is 0 Å². The van der Waals surface area contributed by atoms with Crippen molar-refractivity contribution in [1.82, 2.24) is 5.32 Å². The van der Waals surface area contributed by atoms with Crippen molar-refractivity contribution in [3.8, 4) is 0 Å². The molecule has 2 atom stereocenters. The van der Waals surface area contributed by atoms with E-state index in [1.165, 1.54) is 19.3 Å². The van der Waals surface area contributed by atoms with Gasteiger partial charge in [0.1, 0.15) is 0 Å². The largest absolute Gasteiger partial charge is 0.310 e. The van der Waals surface area contributed by atoms with E-state index in [2.05, 4.69) is 28.2 Å². The van der Waals surface area contributed by atoms with E-state index < -0.39 is 0 Å². The molecule has 0 spiro atoms. The van der Waals surface area contributed by atoms with Crippen molar-refractivity contribution in [2.24, 2.45) is 5.92 Å². The zero-order valence-corrected chi connectivity index (χ0v) is 11.9. The second kappa shape index (κ2) is 5.80. The normalized spacial score (nSPS) is 23.2. The Hall–Kier alpha value is -0.940. The summed E-state index contributed by atoms with van der Waals surface area (Å²) >= 11 is 3.26. The highest BCUT2D eigenvalue weighted by atomic mass is 79.9. The summed E-state index contributed by atoms with van der Waals surface area (Å²) in [4.78, 5) is 10.7. The average molecular weight is 313 g/mol. The Bertz CT molecular complexity index is 451. The molecule has 0 bridgehead atoms. The topological polar surface area (TPSA) is 55.2 Å². The number of nitro benzene ring substituents is 1. The molecule has 1 aliphatic rings. The minimum absolute atomic E-state index is 0.183. The van der Waals surface area contributed by atoms with E-state index >= 15 is 0 Å². The molecular formula is C13H17BrN2O2. The molecule has 0 heterocycles. The maximum atomic E-state index is 11.0. The quantitative estimate of drug-likeness (QED) is 0.682. The van der Waals surface area contributed by atoms with E-state index in [-0.39, 0.29) is 10.6 Å². The van der Waals surface area contributed by atoms with Crippen LogP contribution < -0.4 is 5.32 Å². The van der Waals surface area contributed by atoms with Gasteiger partial charge < -0.3 is 5.32 Å². The van der Waals surface area contributed by atoms with Gasteiger partial charge in [-0.15, -0.1) is 0 Å². The van der Waals surface area contributed by atoms with Crippen molar-refractivity contribution in [2.45, 2.75) is 38.8 Å². The molecule has 1 aromatic carbocycles. The summed E-state index contributed by atoms with van der Waals surface area (Å²) < 4.78 is 0.743. The van der Waals surface area contributed by atoms with Crippen molar-refractivity contribution in [3.05, 3.63) is 38.3 Å². The van der Waals surface area contributed by atoms with E-state index in [0.717, 1.165) is 16.0 Å². The summed E-state index contributed by atoms with van der Waals surface area (Å²) in [7, 11) is 0. The van der Waals surface area contributed by atoms with Gasteiger partial charge >= 0.3 is 0 Å². The fraction of sp³-hybridized carbons (Fsp3) is 0.538. The van der Waals surface area contributed by atoms with E-state index in [1.807, 2.05) is 12.1 Å². The van der Waals surface area contributed by atoms with Crippen LogP contribution in [0.2, 0.25) is 0 Å². The Morgan fingerprint density at radius 3 is 2.89 bits per heavy atom. The molecule has 0 saturated heterocycles. The number of nitro groups is 1. The maximum Gasteiger partial charge on any atom is 0.275 e. The molecule has 1 N–H and O–H groups in total. The van der Waals surface area contributed by atoms with Crippen molar-refractivity contribution in [3.63, 3.8) is 0 Å². The molecule has 0 radical (unpaired) electrons. The van der Waals surface area contributed by atoms with Crippen LogP contribution in [0.1, 0.15) is 31.7 Å². The van der Waals surface area contributed by atoms with Crippen LogP contribution in [0.3, 0.4) is 0 Å². The first-order valence-electron chi connectivity index (χ1n) is 6.22. The molecule has 2 unspecified atom stereocenters. The van der Waals surface area contributed by atoms with Crippen LogP contribution in [0, 0.1) is 16.0 Å². The Labute approximate surface area is 115 Å². The van der Waals surface area contributed by atoms with E-state index in [1.54, 1.807) is 6.07 Å². The number of nitrogens with one attached hydrogen (secondary N) is 1. The number of rotatable bonds is 4. The van der Waals surface area contributed by atoms with Crippen molar-refractivity contribution in [2.75, 3.05) is 0 Å². The monoisotopic (exact) mass is 312 g/mol. The average Bonchev–Trinajstić information content (AvgIpc) is 2.73. The molecule has 0 amide bonds. The Kier molecular flexibility index (Phi) is 4.35. The zero-order chi connectivity index (χ0) is 13.1. The van der Waals surface area contributed by atoms with Crippen LogP contribution in [-0.2, 0) is 6.54 Å². The molecule has 1 saturated carbocycles. The van der Waals surface area contributed by atoms with Gasteiger partial charge in [0.25, 0.3) is 5.69 Å². The molecule has 1 fully saturated rings. The number of benzene rings is 1. The summed E-state index contributed by atoms with van der Waals surface area (Å²) in [5.41, 5.74) is 0.936. The highest BCUT2D eigenvalue weighted by Crippen LogP contribution is 2.27. The number of hydrogen-bond acceptors (Lipinski definition) is 3. The Balaban J connectivity index is 2.02. The van der Waals surface area contributed by atoms with Gasteiger partial charge in [-0.05, 0) is 37.3 Å². The Morgan fingerprint density at radius 1 is 1.50 bits per heavy atom. The lowest BCUT2D eigenvalue weighted by Gasteiger charge is -2.12. The third kappa shape index (κ3) is 3.29. The van der Waals surface area contributed by atoms with Gasteiger partial charge in [0.2, 0.25) is 0 Å². The highest BCUT2D eigenvalue weighted by molar-refractivity contribution is 9.10. The molecule has 0 aromatic heterocycles. The molecule has 1 aromatic rings. The van der Waals surface area contributed by atoms with Gasteiger partial charge in [0.15, 0.2) is 0 Å². The van der Waals surface area contributed by atoms with Crippen LogP contribution in [0.15, 0.2) is 22.7 Å². The predicted octanol–water partition coefficient (Wildman–Crippen LogP) is 3.64. The molecule has 5 heteroatoms. The van der Waals surface area contributed by atoms with Crippen LogP contribution in [0.4, 0.5) is 5.69 Å². The second-order valence-corrected chi connectivity index (χ2v) is 5.94. The van der Waals surface area contributed by atoms with Crippen LogP contribution in [0.5, 0.6) is 0 Å². The minimum Gasteiger partial charge on any atom is -0.310 e. The molecule has 0 aliphatic heterocycles. The van der Waals surface area contributed by atoms with Crippen LogP contribution >= 0.6 is 15.9 Å². The standard InChI is InChI=1S/C13H17BrN2O2/c1-9-2-5-12(6-9)15-8-10-3-4-11(14)7-13(10)16(17)18/h3-4,7,9,12,15H,2,5-6,8H2,1H3. The molecular weight excluding hydrogens is 296 g/mol. The van der Waals surface area contributed by atoms with Crippen LogP contribution in [-0.4, -0.2) is 11.0 Å². The van der Waals surface area contributed by atoms with Gasteiger partial charge in [-0.25, -0.2) is 0 Å². The number of halogens is 1. The highest BCUT2D eigenvalue weighted by Gasteiger charge is 2.22. The summed E-state index contributed by atoms with van der Waals surface area (Å²) in [5.74, 6) is 0.766. The summed E-state index contributed by atoms with van der Waals surface area (Å²) in [5, 5.41) is 14.4. The maximum absolute atomic E-state index is 11.0. The first kappa shape index (κ1) is 13.5. The molecule has 4 nitrogen and oxygen atoms in total. The fourth-order valence-electron chi connectivity index (χ4n) is 2.50. The summed E-state index contributed by atoms with van der Waals surface area (Å²) in [6.07, 6.45) is 3.59. The first-order chi connectivity index (χ1) is 8.56. The number of nitrogens with zero attached hydrogens (tertiary/aromatic N) is 1. The molecule has 1 aliphatic carbocycles. The van der Waals surface area contributed by atoms with E-state index in [4.69, 9.17) is 0 Å². The minimum atomic E-state index is -0.320. The van der Waals surface area contributed by atoms with Crippen molar-refractivity contribution in [1.29, 1.82) is 0 Å². The smallest absolute Gasteiger partial charge is 0.275 e. The van der Waals surface area contributed by atoms with E-state index in [0.29, 0.717) is 12.6 Å². The summed E-state index contributed by atoms with van der Waals surface area (Å²) in [6.45, 7) is 2.82. The zero-order valence-electron chi connectivity index (χ0n) is 10.4. The van der Waals surface area contributed by atoms with Crippen molar-refractivity contribution < 1.29 is 4.92 Å². The van der Waals surface area contributed by atoms with Gasteiger partial charge in [-0.3, -0.25) is 10.1 Å². The third-order valence-corrected chi connectivity index (χ3v) is 4.01. The first-order valence-corrected chi connectivity index (χ1v) is 7.01. The second-order valence-electron chi connectivity index (χ2n) is 5.03. The SMILES string of the molecule is CC1CCC(NCc2ccc(Br)cc2[N+](=O)[O-])C1. The fourth-order valence-corrected chi connectivity index (χ4v) is 2.85. The van der Waals surface area contributed by atoms with Gasteiger partial charge in [-0.1, -0.05) is 22.9 Å². The van der Waals surface area contributed by atoms with Gasteiger partial charge in [0, 0.05) is 28.7 Å². The molecule has 18 heavy (non-hydrogen) atoms. The predicted molar refractivity (Wildman–Crippen MR) is 74.4 cm³/mol. The lowest BCUT2D eigenvalue weighted by atomic mass is 10.1. The summed E-state index contributed by atoms with van der Waals surface area (Å²) in [6, 6.07) is 5.73. The van der Waals surface area contributed by atoms with Gasteiger partial charge in [-0.2, -0.15) is 0 Å². The molecule has 98 valence electrons. The van der Waals surface area contributed by atoms with Crippen molar-refractivity contribution >= 4 is 21.6 Å². The third-order valence-electron chi connectivity index (χ3n) is 3.52. The van der Waals surface area contributed by atoms with E-state index in [9.17, 15) is 10.1 Å². The Morgan fingerprint density at radius 2 is 2.28 bits per heavy atom. The lowest BCUT2D eigenvalue weighted by Crippen LogP contribution is -2.26. The van der Waals surface area contributed by atoms with Gasteiger partial charge in [0.05, 0.1) is 4.92 Å².